The van der Waals surface area contributed by atoms with E-state index >= 15 is 0 Å². The van der Waals surface area contributed by atoms with Crippen LogP contribution in [0.2, 0.25) is 0 Å². The Kier molecular flexibility index (Phi) is 3.10. The molecule has 1 aromatic rings. The van der Waals surface area contributed by atoms with Crippen LogP contribution < -0.4 is 11.1 Å². The van der Waals surface area contributed by atoms with Gasteiger partial charge in [0.25, 0.3) is 0 Å². The fourth-order valence-corrected chi connectivity index (χ4v) is 0.984. The minimum atomic E-state index is 0.276. The second-order valence-corrected chi connectivity index (χ2v) is 2.82. The van der Waals surface area contributed by atoms with E-state index in [1.54, 1.807) is 6.20 Å². The van der Waals surface area contributed by atoms with Crippen LogP contribution >= 0.6 is 0 Å². The summed E-state index contributed by atoms with van der Waals surface area (Å²) in [5, 5.41) is 3.22. The van der Waals surface area contributed by atoms with Crippen LogP contribution in [0.5, 0.6) is 0 Å². The van der Waals surface area contributed by atoms with Gasteiger partial charge in [-0.1, -0.05) is 0 Å². The van der Waals surface area contributed by atoms with Crippen molar-refractivity contribution in [1.82, 2.24) is 9.55 Å². The van der Waals surface area contributed by atoms with Crippen LogP contribution in [0.1, 0.15) is 13.8 Å². The average molecular weight is 168 g/mol. The molecule has 0 aliphatic heterocycles. The molecule has 1 unspecified atom stereocenters. The zero-order valence-electron chi connectivity index (χ0n) is 7.62. The average Bonchev–Trinajstić information content (AvgIpc) is 2.51. The predicted molar refractivity (Wildman–Crippen MR) is 50.0 cm³/mol. The number of rotatable bonds is 4. The summed E-state index contributed by atoms with van der Waals surface area (Å²) < 4.78 is 2.05. The Labute approximate surface area is 72.8 Å². The number of aromatic nitrogens is 2. The third kappa shape index (κ3) is 1.98. The molecule has 1 atom stereocenters. The van der Waals surface area contributed by atoms with Gasteiger partial charge in [-0.25, -0.2) is 4.98 Å². The monoisotopic (exact) mass is 168 g/mol. The number of nitrogens with one attached hydrogen (secondary N) is 1. The minimum absolute atomic E-state index is 0.276. The van der Waals surface area contributed by atoms with E-state index in [-0.39, 0.29) is 6.04 Å². The van der Waals surface area contributed by atoms with E-state index in [1.165, 1.54) is 0 Å². The first-order valence-corrected chi connectivity index (χ1v) is 4.25. The Balaban J connectivity index is 2.61. The maximum Gasteiger partial charge on any atom is 0.203 e. The molecule has 0 aromatic carbocycles. The van der Waals surface area contributed by atoms with Crippen molar-refractivity contribution in [3.8, 4) is 0 Å². The van der Waals surface area contributed by atoms with Crippen molar-refractivity contribution in [2.24, 2.45) is 5.73 Å². The van der Waals surface area contributed by atoms with E-state index in [0.29, 0.717) is 6.54 Å². The highest BCUT2D eigenvalue weighted by atomic mass is 15.2. The topological polar surface area (TPSA) is 55.9 Å². The molecule has 0 spiro atoms. The summed E-state index contributed by atoms with van der Waals surface area (Å²) in [6, 6.07) is 0.276. The molecule has 0 amide bonds. The Morgan fingerprint density at radius 3 is 3.08 bits per heavy atom. The van der Waals surface area contributed by atoms with Gasteiger partial charge in [0.05, 0.1) is 0 Å². The van der Waals surface area contributed by atoms with E-state index in [9.17, 15) is 0 Å². The Morgan fingerprint density at radius 1 is 1.75 bits per heavy atom. The maximum absolute atomic E-state index is 5.48. The van der Waals surface area contributed by atoms with Crippen LogP contribution in [0.3, 0.4) is 0 Å². The molecule has 1 heterocycles. The number of aryl methyl sites for hydroxylation is 1. The van der Waals surface area contributed by atoms with Gasteiger partial charge < -0.3 is 15.6 Å². The van der Waals surface area contributed by atoms with Crippen molar-refractivity contribution in [3.63, 3.8) is 0 Å². The fraction of sp³-hybridized carbons (Fsp3) is 0.625. The third-order valence-corrected chi connectivity index (χ3v) is 1.79. The molecule has 3 N–H and O–H groups in total. The van der Waals surface area contributed by atoms with Crippen LogP contribution in [0, 0.1) is 0 Å². The van der Waals surface area contributed by atoms with E-state index in [0.717, 1.165) is 12.5 Å². The van der Waals surface area contributed by atoms with Crippen LogP contribution in [0.25, 0.3) is 0 Å². The van der Waals surface area contributed by atoms with Gasteiger partial charge in [-0.3, -0.25) is 0 Å². The first-order valence-electron chi connectivity index (χ1n) is 4.25. The van der Waals surface area contributed by atoms with Crippen molar-refractivity contribution >= 4 is 5.95 Å². The third-order valence-electron chi connectivity index (χ3n) is 1.79. The summed E-state index contributed by atoms with van der Waals surface area (Å²) in [7, 11) is 0. The smallest absolute Gasteiger partial charge is 0.203 e. The normalized spacial score (nSPS) is 12.9. The standard InChI is InChI=1S/C8H16N4/c1-3-12-5-4-10-8(12)11-7(2)6-9/h4-5,7H,3,6,9H2,1-2H3,(H,10,11). The molecule has 68 valence electrons. The molecule has 0 fully saturated rings. The van der Waals surface area contributed by atoms with E-state index in [2.05, 4.69) is 17.2 Å². The Bertz CT molecular complexity index is 231. The summed E-state index contributed by atoms with van der Waals surface area (Å²) >= 11 is 0. The van der Waals surface area contributed by atoms with Gasteiger partial charge in [0.15, 0.2) is 0 Å². The van der Waals surface area contributed by atoms with Crippen LogP contribution in [-0.2, 0) is 6.54 Å². The first-order chi connectivity index (χ1) is 5.77. The van der Waals surface area contributed by atoms with Gasteiger partial charge in [-0.15, -0.1) is 0 Å². The van der Waals surface area contributed by atoms with Gasteiger partial charge in [0.1, 0.15) is 0 Å². The summed E-state index contributed by atoms with van der Waals surface area (Å²) in [4.78, 5) is 4.17. The van der Waals surface area contributed by atoms with Crippen molar-refractivity contribution in [1.29, 1.82) is 0 Å². The van der Waals surface area contributed by atoms with Gasteiger partial charge in [-0.2, -0.15) is 0 Å². The zero-order valence-corrected chi connectivity index (χ0v) is 7.62. The second kappa shape index (κ2) is 4.11. The van der Waals surface area contributed by atoms with Crippen LogP contribution in [0.15, 0.2) is 12.4 Å². The first kappa shape index (κ1) is 9.06. The Hall–Kier alpha value is -1.03. The molecule has 4 heteroatoms. The van der Waals surface area contributed by atoms with E-state index in [1.807, 2.05) is 17.7 Å². The van der Waals surface area contributed by atoms with Gasteiger partial charge >= 0.3 is 0 Å². The highest BCUT2D eigenvalue weighted by molar-refractivity contribution is 5.27. The molecular weight excluding hydrogens is 152 g/mol. The maximum atomic E-state index is 5.48. The lowest BCUT2D eigenvalue weighted by Gasteiger charge is -2.12. The highest BCUT2D eigenvalue weighted by Gasteiger charge is 2.03. The molecule has 0 aliphatic rings. The van der Waals surface area contributed by atoms with Gasteiger partial charge in [0.2, 0.25) is 5.95 Å². The molecular formula is C8H16N4. The summed E-state index contributed by atoms with van der Waals surface area (Å²) in [5.41, 5.74) is 5.48. The van der Waals surface area contributed by atoms with E-state index < -0.39 is 0 Å². The highest BCUT2D eigenvalue weighted by Crippen LogP contribution is 2.04. The summed E-state index contributed by atoms with van der Waals surface area (Å²) in [6.07, 6.45) is 3.74. The number of hydrogen-bond donors (Lipinski definition) is 2. The SMILES string of the molecule is CCn1ccnc1NC(C)CN. The number of imidazole rings is 1. The van der Waals surface area contributed by atoms with Crippen molar-refractivity contribution < 1.29 is 0 Å². The predicted octanol–water partition coefficient (Wildman–Crippen LogP) is 0.662. The molecule has 0 saturated carbocycles. The second-order valence-electron chi connectivity index (χ2n) is 2.82. The molecule has 1 rings (SSSR count). The lowest BCUT2D eigenvalue weighted by atomic mass is 10.3. The molecule has 12 heavy (non-hydrogen) atoms. The molecule has 0 bridgehead atoms. The van der Waals surface area contributed by atoms with Gasteiger partial charge in [-0.05, 0) is 13.8 Å². The number of nitrogens with zero attached hydrogens (tertiary/aromatic N) is 2. The Morgan fingerprint density at radius 2 is 2.50 bits per heavy atom. The quantitative estimate of drug-likeness (QED) is 0.694. The van der Waals surface area contributed by atoms with Gasteiger partial charge in [0, 0.05) is 31.5 Å². The molecule has 0 saturated heterocycles. The molecule has 0 radical (unpaired) electrons. The van der Waals surface area contributed by atoms with Crippen molar-refractivity contribution in [2.45, 2.75) is 26.4 Å². The summed E-state index contributed by atoms with van der Waals surface area (Å²) in [5.74, 6) is 0.899. The fourth-order valence-electron chi connectivity index (χ4n) is 0.984. The lowest BCUT2D eigenvalue weighted by molar-refractivity contribution is 0.729. The largest absolute Gasteiger partial charge is 0.352 e. The molecule has 1 aromatic heterocycles. The van der Waals surface area contributed by atoms with Crippen LogP contribution in [0.4, 0.5) is 5.95 Å². The lowest BCUT2D eigenvalue weighted by Crippen LogP contribution is -2.26. The molecule has 4 nitrogen and oxygen atoms in total. The minimum Gasteiger partial charge on any atom is -0.352 e. The number of hydrogen-bond acceptors (Lipinski definition) is 3. The summed E-state index contributed by atoms with van der Waals surface area (Å²) in [6.45, 7) is 5.67. The van der Waals surface area contributed by atoms with Crippen LogP contribution in [-0.4, -0.2) is 22.1 Å². The van der Waals surface area contributed by atoms with E-state index in [4.69, 9.17) is 5.73 Å². The van der Waals surface area contributed by atoms with Crippen molar-refractivity contribution in [2.75, 3.05) is 11.9 Å². The number of nitrogens with two attached hydrogens (primary N) is 1. The number of anilines is 1. The zero-order chi connectivity index (χ0) is 8.97. The molecule has 0 aliphatic carbocycles. The van der Waals surface area contributed by atoms with Crippen molar-refractivity contribution in [3.05, 3.63) is 12.4 Å².